The van der Waals surface area contributed by atoms with Crippen LogP contribution in [0.15, 0.2) is 18.7 Å². The molecule has 1 N–H and O–H groups in total. The van der Waals surface area contributed by atoms with E-state index in [1.54, 1.807) is 12.5 Å². The minimum Gasteiger partial charge on any atom is -0.387 e. The third kappa shape index (κ3) is 4.19. The summed E-state index contributed by atoms with van der Waals surface area (Å²) in [4.78, 5) is 17.5. The van der Waals surface area contributed by atoms with Gasteiger partial charge < -0.3 is 14.4 Å². The first kappa shape index (κ1) is 24.5. The van der Waals surface area contributed by atoms with Crippen LogP contribution in [0.1, 0.15) is 91.4 Å². The van der Waals surface area contributed by atoms with Crippen LogP contribution in [0, 0.1) is 40.4 Å². The highest BCUT2D eigenvalue weighted by Crippen LogP contribution is 2.68. The summed E-state index contributed by atoms with van der Waals surface area (Å²) in [6, 6.07) is 0. The Hall–Kier alpha value is -1.20. The maximum atomic E-state index is 13.3. The molecule has 0 aliphatic heterocycles. The maximum Gasteiger partial charge on any atom is 0.156 e. The summed E-state index contributed by atoms with van der Waals surface area (Å²) in [5.41, 5.74) is -0.143. The first-order chi connectivity index (χ1) is 16.3. The molecule has 5 rings (SSSR count). The highest BCUT2D eigenvalue weighted by molar-refractivity contribution is 5.82. The summed E-state index contributed by atoms with van der Waals surface area (Å²) >= 11 is 0. The Morgan fingerprint density at radius 3 is 2.68 bits per heavy atom. The van der Waals surface area contributed by atoms with E-state index in [4.69, 9.17) is 4.74 Å². The fraction of sp³-hybridized carbons (Fsp3) is 0.862. The molecule has 0 aromatic carbocycles. The van der Waals surface area contributed by atoms with E-state index in [1.807, 2.05) is 10.8 Å². The molecule has 4 saturated carbocycles. The van der Waals surface area contributed by atoms with Gasteiger partial charge in [-0.05, 0) is 98.7 Å². The Morgan fingerprint density at radius 2 is 1.91 bits per heavy atom. The van der Waals surface area contributed by atoms with Gasteiger partial charge in [0.2, 0.25) is 0 Å². The fourth-order valence-electron chi connectivity index (χ4n) is 9.16. The first-order valence-electron chi connectivity index (χ1n) is 14.1. The Labute approximate surface area is 206 Å². The maximum absolute atomic E-state index is 13.3. The zero-order chi connectivity index (χ0) is 24.0. The minimum absolute atomic E-state index is 0.157. The zero-order valence-corrected chi connectivity index (χ0v) is 21.7. The Kier molecular flexibility index (Phi) is 6.74. The number of ether oxygens (including phenoxy) is 1. The number of hydrogen-bond donors (Lipinski definition) is 1. The SMILES string of the molecule is CCCCOC[C@@]1(O)CC[C@]2(C)C3CC[C@@]4(C)C(CC[C@@H]4C(=O)Cn4ccnc4)C3CC[C@H]2C1. The smallest absolute Gasteiger partial charge is 0.156 e. The fourth-order valence-corrected chi connectivity index (χ4v) is 9.16. The van der Waals surface area contributed by atoms with Gasteiger partial charge in [-0.2, -0.15) is 0 Å². The summed E-state index contributed by atoms with van der Waals surface area (Å²) < 4.78 is 7.83. The second kappa shape index (κ2) is 9.35. The monoisotopic (exact) mass is 470 g/mol. The topological polar surface area (TPSA) is 64.3 Å². The molecule has 1 aromatic rings. The van der Waals surface area contributed by atoms with Crippen molar-refractivity contribution in [2.45, 2.75) is 104 Å². The normalized spacial score (nSPS) is 43.7. The van der Waals surface area contributed by atoms with E-state index >= 15 is 0 Å². The van der Waals surface area contributed by atoms with Crippen molar-refractivity contribution in [3.63, 3.8) is 0 Å². The molecule has 5 heteroatoms. The van der Waals surface area contributed by atoms with Crippen LogP contribution < -0.4 is 0 Å². The third-order valence-electron chi connectivity index (χ3n) is 11.1. The second-order valence-corrected chi connectivity index (χ2v) is 12.9. The summed E-state index contributed by atoms with van der Waals surface area (Å²) in [5, 5.41) is 11.3. The molecule has 5 nitrogen and oxygen atoms in total. The molecule has 1 heterocycles. The largest absolute Gasteiger partial charge is 0.387 e. The van der Waals surface area contributed by atoms with Gasteiger partial charge in [-0.3, -0.25) is 4.79 Å². The average molecular weight is 471 g/mol. The van der Waals surface area contributed by atoms with Crippen molar-refractivity contribution in [2.75, 3.05) is 13.2 Å². The molecule has 1 aromatic heterocycles. The molecular formula is C29H46N2O3. The lowest BCUT2D eigenvalue weighted by atomic mass is 9.44. The molecule has 4 aliphatic rings. The van der Waals surface area contributed by atoms with E-state index in [2.05, 4.69) is 25.8 Å². The number of carbonyl (C=O) groups excluding carboxylic acids is 1. The Morgan fingerprint density at radius 1 is 1.09 bits per heavy atom. The molecule has 0 saturated heterocycles. The summed E-state index contributed by atoms with van der Waals surface area (Å²) in [5.74, 6) is 3.39. The summed E-state index contributed by atoms with van der Waals surface area (Å²) in [6.07, 6.45) is 17.8. The van der Waals surface area contributed by atoms with Gasteiger partial charge in [0, 0.05) is 24.9 Å². The number of hydrogen-bond acceptors (Lipinski definition) is 4. The van der Waals surface area contributed by atoms with Crippen molar-refractivity contribution in [1.29, 1.82) is 0 Å². The predicted molar refractivity (Wildman–Crippen MR) is 133 cm³/mol. The number of rotatable bonds is 8. The summed E-state index contributed by atoms with van der Waals surface area (Å²) in [6.45, 7) is 8.92. The van der Waals surface area contributed by atoms with E-state index < -0.39 is 5.60 Å². The van der Waals surface area contributed by atoms with Gasteiger partial charge in [0.25, 0.3) is 0 Å². The molecule has 3 unspecified atom stereocenters. The van der Waals surface area contributed by atoms with Crippen LogP contribution in [0.2, 0.25) is 0 Å². The molecule has 34 heavy (non-hydrogen) atoms. The molecule has 0 spiro atoms. The highest BCUT2D eigenvalue weighted by Gasteiger charge is 2.62. The second-order valence-electron chi connectivity index (χ2n) is 12.9. The number of ketones is 1. The lowest BCUT2D eigenvalue weighted by Gasteiger charge is -2.62. The van der Waals surface area contributed by atoms with Crippen LogP contribution in [0.4, 0.5) is 0 Å². The minimum atomic E-state index is -0.633. The van der Waals surface area contributed by atoms with E-state index in [9.17, 15) is 9.90 Å². The molecule has 0 amide bonds. The van der Waals surface area contributed by atoms with Gasteiger partial charge in [0.15, 0.2) is 5.78 Å². The van der Waals surface area contributed by atoms with E-state index in [-0.39, 0.29) is 11.3 Å². The predicted octanol–water partition coefficient (Wildman–Crippen LogP) is 5.66. The number of aromatic nitrogens is 2. The van der Waals surface area contributed by atoms with Crippen molar-refractivity contribution in [1.82, 2.24) is 9.55 Å². The van der Waals surface area contributed by atoms with Crippen molar-refractivity contribution < 1.29 is 14.6 Å². The van der Waals surface area contributed by atoms with E-state index in [1.165, 1.54) is 32.1 Å². The number of fused-ring (bicyclic) bond motifs is 5. The Balaban J connectivity index is 1.26. The number of imidazole rings is 1. The number of carbonyl (C=O) groups is 1. The number of aliphatic hydroxyl groups is 1. The van der Waals surface area contributed by atoms with Crippen LogP contribution in [0.25, 0.3) is 0 Å². The zero-order valence-electron chi connectivity index (χ0n) is 21.7. The van der Waals surface area contributed by atoms with Gasteiger partial charge in [-0.1, -0.05) is 27.2 Å². The van der Waals surface area contributed by atoms with Gasteiger partial charge in [-0.15, -0.1) is 0 Å². The average Bonchev–Trinajstić information content (AvgIpc) is 3.44. The third-order valence-corrected chi connectivity index (χ3v) is 11.1. The molecule has 4 aliphatic carbocycles. The van der Waals surface area contributed by atoms with Gasteiger partial charge in [-0.25, -0.2) is 4.98 Å². The van der Waals surface area contributed by atoms with Crippen molar-refractivity contribution in [3.8, 4) is 0 Å². The van der Waals surface area contributed by atoms with Crippen LogP contribution in [-0.4, -0.2) is 39.3 Å². The van der Waals surface area contributed by atoms with Crippen molar-refractivity contribution in [3.05, 3.63) is 18.7 Å². The van der Waals surface area contributed by atoms with Gasteiger partial charge >= 0.3 is 0 Å². The van der Waals surface area contributed by atoms with Crippen LogP contribution in [0.3, 0.4) is 0 Å². The summed E-state index contributed by atoms with van der Waals surface area (Å²) in [7, 11) is 0. The molecule has 8 atom stereocenters. The molecule has 0 bridgehead atoms. The van der Waals surface area contributed by atoms with E-state index in [0.717, 1.165) is 57.0 Å². The van der Waals surface area contributed by atoms with Crippen molar-refractivity contribution in [2.24, 2.45) is 40.4 Å². The lowest BCUT2D eigenvalue weighted by Crippen LogP contribution is -2.57. The van der Waals surface area contributed by atoms with Crippen LogP contribution >= 0.6 is 0 Å². The molecular weight excluding hydrogens is 424 g/mol. The highest BCUT2D eigenvalue weighted by atomic mass is 16.5. The standard InChI is InChI=1S/C29H46N2O3/c1-4-5-16-34-19-29(33)13-12-27(2)21(17-29)6-7-22-23-8-9-25(28(23,3)11-10-24(22)27)26(32)18-31-15-14-30-20-31/h14-15,20-25,33H,4-13,16-19H2,1-3H3/t21-,22?,23?,24?,25+,27-,28-,29+/m0/s1. The Bertz CT molecular complexity index is 856. The van der Waals surface area contributed by atoms with Crippen LogP contribution in [-0.2, 0) is 16.1 Å². The molecule has 0 radical (unpaired) electrons. The number of Topliss-reactive ketones (excluding diaryl/α,β-unsaturated/α-hetero) is 1. The molecule has 190 valence electrons. The number of unbranched alkanes of at least 4 members (excludes halogenated alkanes) is 1. The van der Waals surface area contributed by atoms with Crippen molar-refractivity contribution >= 4 is 5.78 Å². The quantitative estimate of drug-likeness (QED) is 0.498. The first-order valence-corrected chi connectivity index (χ1v) is 14.1. The van der Waals surface area contributed by atoms with Gasteiger partial charge in [0.05, 0.1) is 25.1 Å². The van der Waals surface area contributed by atoms with Gasteiger partial charge in [0.1, 0.15) is 0 Å². The van der Waals surface area contributed by atoms with Crippen LogP contribution in [0.5, 0.6) is 0 Å². The van der Waals surface area contributed by atoms with E-state index in [0.29, 0.717) is 36.2 Å². The molecule has 4 fully saturated rings. The lowest BCUT2D eigenvalue weighted by molar-refractivity contribution is -0.166. The number of nitrogens with zero attached hydrogens (tertiary/aromatic N) is 2.